The highest BCUT2D eigenvalue weighted by Crippen LogP contribution is 2.64. The zero-order valence-corrected chi connectivity index (χ0v) is 21.6. The monoisotopic (exact) mass is 507 g/mol. The van der Waals surface area contributed by atoms with Gasteiger partial charge in [-0.2, -0.15) is 4.44 Å². The van der Waals surface area contributed by atoms with E-state index in [1.165, 1.54) is 0 Å². The van der Waals surface area contributed by atoms with Crippen LogP contribution in [-0.4, -0.2) is 4.44 Å². The molecule has 0 N–H and O–H groups in total. The van der Waals surface area contributed by atoms with E-state index < -0.39 is 14.6 Å². The highest BCUT2D eigenvalue weighted by atomic mass is 31.2. The van der Waals surface area contributed by atoms with E-state index in [9.17, 15) is 0 Å². The minimum Gasteiger partial charge on any atom is -0.296 e. The summed E-state index contributed by atoms with van der Waals surface area (Å²) in [6, 6.07) is 47.7. The summed E-state index contributed by atoms with van der Waals surface area (Å²) in [6.07, 6.45) is 0. The van der Waals surface area contributed by atoms with Gasteiger partial charge in [-0.05, 0) is 54.1 Å². The summed E-state index contributed by atoms with van der Waals surface area (Å²) < 4.78 is 33.1. The van der Waals surface area contributed by atoms with Crippen molar-refractivity contribution in [1.29, 1.82) is 0 Å². The Hall–Kier alpha value is -3.48. The molecule has 3 nitrogen and oxygen atoms in total. The molecule has 0 aliphatic rings. The van der Waals surface area contributed by atoms with Crippen molar-refractivity contribution in [2.24, 2.45) is 0 Å². The molecule has 0 aliphatic carbocycles. The van der Waals surface area contributed by atoms with E-state index in [0.717, 1.165) is 5.56 Å². The van der Waals surface area contributed by atoms with Gasteiger partial charge in [0.2, 0.25) is 14.6 Å². The molecule has 0 radical (unpaired) electrons. The molecule has 5 rings (SSSR count). The van der Waals surface area contributed by atoms with Gasteiger partial charge in [0, 0.05) is 27.8 Å². The van der Waals surface area contributed by atoms with Crippen molar-refractivity contribution < 1.29 is 9.13 Å². The number of hydrogen-bond acceptors (Lipinski definition) is 2. The molecule has 0 saturated carbocycles. The lowest BCUT2D eigenvalue weighted by molar-refractivity contribution is 0.513. The Morgan fingerprint density at radius 3 is 0.917 bits per heavy atom. The molecule has 36 heavy (non-hydrogen) atoms. The Bertz CT molecular complexity index is 1310. The van der Waals surface area contributed by atoms with Gasteiger partial charge < -0.3 is 0 Å². The maximum atomic E-state index is 15.7. The minimum absolute atomic E-state index is 0.253. The van der Waals surface area contributed by atoms with Gasteiger partial charge in [0.05, 0.1) is 0 Å². The molecule has 0 aromatic heterocycles. The molecule has 0 fully saturated rings. The average molecular weight is 508 g/mol. The van der Waals surface area contributed by atoms with Crippen molar-refractivity contribution in [2.45, 2.75) is 6.54 Å². The Labute approximate surface area is 212 Å². The number of benzene rings is 5. The van der Waals surface area contributed by atoms with Gasteiger partial charge in [-0.1, -0.05) is 103 Å². The van der Waals surface area contributed by atoms with Gasteiger partial charge in [-0.25, -0.2) is 0 Å². The van der Waals surface area contributed by atoms with Crippen molar-refractivity contribution in [2.75, 3.05) is 0 Å². The summed E-state index contributed by atoms with van der Waals surface area (Å²) in [5.74, 6) is 0. The summed E-state index contributed by atoms with van der Waals surface area (Å²) in [4.78, 5) is 0. The van der Waals surface area contributed by atoms with Crippen molar-refractivity contribution in [3.05, 3.63) is 157 Å². The zero-order chi connectivity index (χ0) is 24.8. The van der Waals surface area contributed by atoms with Crippen LogP contribution in [0.2, 0.25) is 0 Å². The van der Waals surface area contributed by atoms with Crippen molar-refractivity contribution in [1.82, 2.24) is 4.44 Å². The second-order valence-corrected chi connectivity index (χ2v) is 14.2. The van der Waals surface area contributed by atoms with E-state index in [4.69, 9.17) is 0 Å². The van der Waals surface area contributed by atoms with E-state index in [1.807, 2.05) is 152 Å². The SMILES string of the molecule is O=P(c1ccccc1)(c1ccccc1)N(Cc1ccccc1)P(=O)(c1ccccc1)c1ccccc1. The predicted molar refractivity (Wildman–Crippen MR) is 152 cm³/mol. The van der Waals surface area contributed by atoms with Gasteiger partial charge in [0.25, 0.3) is 0 Å². The van der Waals surface area contributed by atoms with Crippen LogP contribution in [-0.2, 0) is 15.7 Å². The van der Waals surface area contributed by atoms with E-state index in [1.54, 1.807) is 4.44 Å². The number of rotatable bonds is 8. The van der Waals surface area contributed by atoms with Gasteiger partial charge in [0.15, 0.2) is 0 Å². The average Bonchev–Trinajstić information content (AvgIpc) is 2.97. The number of nitrogens with zero attached hydrogens (tertiary/aromatic N) is 1. The summed E-state index contributed by atoms with van der Waals surface area (Å²) in [6.45, 7) is 0.253. The molecule has 0 spiro atoms. The van der Waals surface area contributed by atoms with Crippen LogP contribution in [0.15, 0.2) is 152 Å². The largest absolute Gasteiger partial charge is 0.296 e. The second kappa shape index (κ2) is 10.6. The fourth-order valence-electron chi connectivity index (χ4n) is 4.47. The topological polar surface area (TPSA) is 37.4 Å². The van der Waals surface area contributed by atoms with Crippen LogP contribution in [0.3, 0.4) is 0 Å². The normalized spacial score (nSPS) is 11.9. The summed E-state index contributed by atoms with van der Waals surface area (Å²) in [5, 5.41) is 2.61. The van der Waals surface area contributed by atoms with Gasteiger partial charge in [-0.3, -0.25) is 9.13 Å². The summed E-state index contributed by atoms with van der Waals surface area (Å²) in [5.41, 5.74) is 0.941. The molecule has 5 aromatic rings. The lowest BCUT2D eigenvalue weighted by Gasteiger charge is -2.38. The molecule has 0 aliphatic heterocycles. The molecule has 5 aromatic carbocycles. The zero-order valence-electron chi connectivity index (χ0n) is 19.8. The van der Waals surface area contributed by atoms with E-state index in [0.29, 0.717) is 21.2 Å². The molecule has 0 heterocycles. The molecular weight excluding hydrogens is 480 g/mol. The minimum atomic E-state index is -3.58. The molecule has 0 atom stereocenters. The van der Waals surface area contributed by atoms with E-state index in [2.05, 4.69) is 0 Å². The first-order valence-electron chi connectivity index (χ1n) is 11.9. The molecule has 5 heteroatoms. The lowest BCUT2D eigenvalue weighted by Crippen LogP contribution is -2.36. The van der Waals surface area contributed by atoms with Gasteiger partial charge in [-0.15, -0.1) is 0 Å². The highest BCUT2D eigenvalue weighted by Gasteiger charge is 2.47. The Kier molecular flexibility index (Phi) is 7.16. The first kappa shape index (κ1) is 24.2. The van der Waals surface area contributed by atoms with Crippen LogP contribution in [0, 0.1) is 0 Å². The molecule has 0 unspecified atom stereocenters. The standard InChI is InChI=1S/C31H27NO2P2/c33-35(28-18-8-2-9-19-28,29-20-10-3-11-21-29)32(26-27-16-6-1-7-17-27)36(34,30-22-12-4-13-23-30)31-24-14-5-15-25-31/h1-25H,26H2. The first-order valence-corrected chi connectivity index (χ1v) is 15.2. The van der Waals surface area contributed by atoms with Crippen molar-refractivity contribution in [3.63, 3.8) is 0 Å². The number of hydrogen-bond donors (Lipinski definition) is 0. The maximum Gasteiger partial charge on any atom is 0.213 e. The molecule has 178 valence electrons. The van der Waals surface area contributed by atoms with Crippen LogP contribution < -0.4 is 21.2 Å². The fraction of sp³-hybridized carbons (Fsp3) is 0.0323. The fourth-order valence-corrected chi connectivity index (χ4v) is 11.8. The molecule has 0 bridgehead atoms. The third-order valence-electron chi connectivity index (χ3n) is 6.24. The third kappa shape index (κ3) is 4.54. The first-order chi connectivity index (χ1) is 17.6. The molecule has 0 amide bonds. The van der Waals surface area contributed by atoms with Crippen molar-refractivity contribution in [3.8, 4) is 0 Å². The molecular formula is C31H27NO2P2. The summed E-state index contributed by atoms with van der Waals surface area (Å²) in [7, 11) is -7.16. The predicted octanol–water partition coefficient (Wildman–Crippen LogP) is 6.35. The van der Waals surface area contributed by atoms with Crippen LogP contribution in [0.4, 0.5) is 0 Å². The Morgan fingerprint density at radius 2 is 0.639 bits per heavy atom. The van der Waals surface area contributed by atoms with Gasteiger partial charge in [0.1, 0.15) is 0 Å². The van der Waals surface area contributed by atoms with E-state index >= 15 is 9.13 Å². The van der Waals surface area contributed by atoms with Crippen LogP contribution in [0.5, 0.6) is 0 Å². The maximum absolute atomic E-state index is 15.7. The molecule has 0 saturated heterocycles. The summed E-state index contributed by atoms with van der Waals surface area (Å²) >= 11 is 0. The Balaban J connectivity index is 1.86. The third-order valence-corrected chi connectivity index (χ3v) is 13.3. The highest BCUT2D eigenvalue weighted by molar-refractivity contribution is 7.90. The van der Waals surface area contributed by atoms with Gasteiger partial charge >= 0.3 is 0 Å². The smallest absolute Gasteiger partial charge is 0.213 e. The van der Waals surface area contributed by atoms with Crippen LogP contribution >= 0.6 is 14.6 Å². The van der Waals surface area contributed by atoms with Crippen LogP contribution in [0.1, 0.15) is 5.56 Å². The lowest BCUT2D eigenvalue weighted by atomic mass is 10.2. The van der Waals surface area contributed by atoms with E-state index in [-0.39, 0.29) is 6.54 Å². The van der Waals surface area contributed by atoms with Crippen molar-refractivity contribution >= 4 is 35.8 Å². The Morgan fingerprint density at radius 1 is 0.389 bits per heavy atom. The van der Waals surface area contributed by atoms with Crippen LogP contribution in [0.25, 0.3) is 0 Å². The quantitative estimate of drug-likeness (QED) is 0.230. The second-order valence-electron chi connectivity index (χ2n) is 8.51.